The van der Waals surface area contributed by atoms with Crippen LogP contribution in [0.15, 0.2) is 29.6 Å². The van der Waals surface area contributed by atoms with Gasteiger partial charge in [-0.25, -0.2) is 5.43 Å². The average molecular weight is 246 g/mol. The lowest BCUT2D eigenvalue weighted by Crippen LogP contribution is -2.28. The number of hydrazine groups is 1. The minimum Gasteiger partial charge on any atom is -0.271 e. The highest BCUT2D eigenvalue weighted by atomic mass is 32.1. The van der Waals surface area contributed by atoms with Crippen molar-refractivity contribution in [2.45, 2.75) is 26.8 Å². The summed E-state index contributed by atoms with van der Waals surface area (Å²) < 4.78 is 0. The van der Waals surface area contributed by atoms with Crippen LogP contribution >= 0.6 is 11.3 Å². The van der Waals surface area contributed by atoms with E-state index >= 15 is 0 Å². The number of nitrogens with one attached hydrogen (secondary N) is 1. The highest BCUT2D eigenvalue weighted by molar-refractivity contribution is 7.10. The van der Waals surface area contributed by atoms with E-state index in [0.717, 1.165) is 0 Å². The molecule has 1 aromatic carbocycles. The van der Waals surface area contributed by atoms with Gasteiger partial charge in [0.1, 0.15) is 0 Å². The fourth-order valence-corrected chi connectivity index (χ4v) is 3.19. The summed E-state index contributed by atoms with van der Waals surface area (Å²) in [6.07, 6.45) is 0. The van der Waals surface area contributed by atoms with Crippen LogP contribution in [0.2, 0.25) is 0 Å². The van der Waals surface area contributed by atoms with Crippen molar-refractivity contribution < 1.29 is 0 Å². The van der Waals surface area contributed by atoms with E-state index in [1.54, 1.807) is 11.3 Å². The third-order valence-electron chi connectivity index (χ3n) is 2.91. The Labute approximate surface area is 106 Å². The van der Waals surface area contributed by atoms with Crippen molar-refractivity contribution in [1.29, 1.82) is 0 Å². The molecular weight excluding hydrogens is 228 g/mol. The number of rotatable bonds is 3. The Balaban J connectivity index is 2.45. The summed E-state index contributed by atoms with van der Waals surface area (Å²) in [5, 5.41) is 2.11. The van der Waals surface area contributed by atoms with Crippen molar-refractivity contribution in [3.05, 3.63) is 56.8 Å². The van der Waals surface area contributed by atoms with E-state index in [-0.39, 0.29) is 6.04 Å². The molecule has 90 valence electrons. The minimum absolute atomic E-state index is 0.0913. The Kier molecular flexibility index (Phi) is 3.62. The predicted octanol–water partition coefficient (Wildman–Crippen LogP) is 3.23. The number of hydrogen-bond acceptors (Lipinski definition) is 3. The summed E-state index contributed by atoms with van der Waals surface area (Å²) in [5.74, 6) is 5.72. The van der Waals surface area contributed by atoms with Gasteiger partial charge in [0.25, 0.3) is 0 Å². The van der Waals surface area contributed by atoms with Gasteiger partial charge in [-0.2, -0.15) is 0 Å². The molecule has 1 aromatic heterocycles. The van der Waals surface area contributed by atoms with E-state index in [1.807, 2.05) is 0 Å². The fourth-order valence-electron chi connectivity index (χ4n) is 2.18. The Hall–Kier alpha value is -1.16. The Morgan fingerprint density at radius 1 is 1.12 bits per heavy atom. The molecule has 0 aliphatic heterocycles. The summed E-state index contributed by atoms with van der Waals surface area (Å²) >= 11 is 1.75. The van der Waals surface area contributed by atoms with Gasteiger partial charge in [-0.3, -0.25) is 5.84 Å². The largest absolute Gasteiger partial charge is 0.271 e. The maximum absolute atomic E-state index is 5.72. The smallest absolute Gasteiger partial charge is 0.0805 e. The van der Waals surface area contributed by atoms with E-state index in [1.165, 1.54) is 27.1 Å². The van der Waals surface area contributed by atoms with Gasteiger partial charge in [-0.1, -0.05) is 29.3 Å². The molecule has 1 unspecified atom stereocenters. The molecule has 2 nitrogen and oxygen atoms in total. The first-order valence-corrected chi connectivity index (χ1v) is 6.58. The van der Waals surface area contributed by atoms with Crippen LogP contribution in [0.25, 0.3) is 0 Å². The molecule has 17 heavy (non-hydrogen) atoms. The van der Waals surface area contributed by atoms with Gasteiger partial charge >= 0.3 is 0 Å². The standard InChI is InChI=1S/C14H18N2S/c1-9-6-10(2)8-12(7-9)13(16-15)14-11(3)4-5-17-14/h4-8,13,16H,15H2,1-3H3. The van der Waals surface area contributed by atoms with E-state index in [9.17, 15) is 0 Å². The molecule has 1 heterocycles. The SMILES string of the molecule is Cc1cc(C)cc(C(NN)c2sccc2C)c1. The Morgan fingerprint density at radius 2 is 1.76 bits per heavy atom. The van der Waals surface area contributed by atoms with Crippen molar-refractivity contribution in [3.63, 3.8) is 0 Å². The number of hydrogen-bond donors (Lipinski definition) is 2. The third-order valence-corrected chi connectivity index (χ3v) is 3.99. The Morgan fingerprint density at radius 3 is 2.24 bits per heavy atom. The van der Waals surface area contributed by atoms with E-state index in [4.69, 9.17) is 5.84 Å². The first-order chi connectivity index (χ1) is 8.11. The van der Waals surface area contributed by atoms with Gasteiger partial charge in [-0.15, -0.1) is 11.3 Å². The number of thiophene rings is 1. The van der Waals surface area contributed by atoms with E-state index in [2.05, 4.69) is 55.8 Å². The molecule has 3 N–H and O–H groups in total. The highest BCUT2D eigenvalue weighted by Gasteiger charge is 2.16. The Bertz CT molecular complexity index is 496. The molecule has 0 aliphatic rings. The number of aryl methyl sites for hydroxylation is 3. The van der Waals surface area contributed by atoms with Gasteiger partial charge in [0.2, 0.25) is 0 Å². The number of nitrogens with two attached hydrogens (primary N) is 1. The highest BCUT2D eigenvalue weighted by Crippen LogP contribution is 2.29. The maximum atomic E-state index is 5.72. The molecule has 3 heteroatoms. The predicted molar refractivity (Wildman–Crippen MR) is 74.1 cm³/mol. The van der Waals surface area contributed by atoms with Gasteiger partial charge in [0, 0.05) is 4.88 Å². The van der Waals surface area contributed by atoms with Gasteiger partial charge in [-0.05, 0) is 43.3 Å². The first kappa shape index (κ1) is 12.3. The summed E-state index contributed by atoms with van der Waals surface area (Å²) in [7, 11) is 0. The molecule has 0 amide bonds. The molecule has 2 rings (SSSR count). The third kappa shape index (κ3) is 2.57. The average Bonchev–Trinajstić information content (AvgIpc) is 2.65. The van der Waals surface area contributed by atoms with Gasteiger partial charge in [0.15, 0.2) is 0 Å². The molecule has 0 spiro atoms. The lowest BCUT2D eigenvalue weighted by molar-refractivity contribution is 0.643. The van der Waals surface area contributed by atoms with Crippen LogP contribution in [0, 0.1) is 20.8 Å². The second kappa shape index (κ2) is 5.00. The minimum atomic E-state index is 0.0913. The second-order valence-electron chi connectivity index (χ2n) is 4.49. The van der Waals surface area contributed by atoms with Crippen LogP contribution in [0.5, 0.6) is 0 Å². The zero-order valence-electron chi connectivity index (χ0n) is 10.4. The van der Waals surface area contributed by atoms with E-state index in [0.29, 0.717) is 0 Å². The van der Waals surface area contributed by atoms with Crippen LogP contribution in [0.3, 0.4) is 0 Å². The van der Waals surface area contributed by atoms with Gasteiger partial charge < -0.3 is 0 Å². The molecule has 0 radical (unpaired) electrons. The van der Waals surface area contributed by atoms with Crippen molar-refractivity contribution in [2.75, 3.05) is 0 Å². The maximum Gasteiger partial charge on any atom is 0.0805 e. The van der Waals surface area contributed by atoms with Crippen LogP contribution in [0.4, 0.5) is 0 Å². The molecule has 2 aromatic rings. The lowest BCUT2D eigenvalue weighted by Gasteiger charge is -2.17. The number of benzene rings is 1. The van der Waals surface area contributed by atoms with Crippen LogP contribution in [-0.2, 0) is 0 Å². The van der Waals surface area contributed by atoms with Crippen molar-refractivity contribution in [3.8, 4) is 0 Å². The monoisotopic (exact) mass is 246 g/mol. The van der Waals surface area contributed by atoms with Gasteiger partial charge in [0.05, 0.1) is 6.04 Å². The topological polar surface area (TPSA) is 38.0 Å². The normalized spacial score (nSPS) is 12.7. The molecule has 0 fully saturated rings. The molecule has 1 atom stereocenters. The molecule has 0 bridgehead atoms. The van der Waals surface area contributed by atoms with Crippen molar-refractivity contribution in [1.82, 2.24) is 5.43 Å². The summed E-state index contributed by atoms with van der Waals surface area (Å²) in [4.78, 5) is 1.29. The van der Waals surface area contributed by atoms with Crippen molar-refractivity contribution in [2.24, 2.45) is 5.84 Å². The summed E-state index contributed by atoms with van der Waals surface area (Å²) in [6.45, 7) is 6.36. The van der Waals surface area contributed by atoms with Crippen LogP contribution < -0.4 is 11.3 Å². The van der Waals surface area contributed by atoms with E-state index < -0.39 is 0 Å². The van der Waals surface area contributed by atoms with Crippen LogP contribution in [-0.4, -0.2) is 0 Å². The molecule has 0 saturated carbocycles. The summed E-state index contributed by atoms with van der Waals surface area (Å²) in [6, 6.07) is 8.78. The first-order valence-electron chi connectivity index (χ1n) is 5.70. The quantitative estimate of drug-likeness (QED) is 0.644. The van der Waals surface area contributed by atoms with Crippen LogP contribution in [0.1, 0.15) is 33.2 Å². The molecule has 0 saturated heterocycles. The fraction of sp³-hybridized carbons (Fsp3) is 0.286. The zero-order valence-corrected chi connectivity index (χ0v) is 11.3. The summed E-state index contributed by atoms with van der Waals surface area (Å²) in [5.41, 5.74) is 7.99. The lowest BCUT2D eigenvalue weighted by atomic mass is 9.99. The molecular formula is C14H18N2S. The second-order valence-corrected chi connectivity index (χ2v) is 5.44. The molecule has 0 aliphatic carbocycles. The zero-order chi connectivity index (χ0) is 12.4. The van der Waals surface area contributed by atoms with Crippen molar-refractivity contribution >= 4 is 11.3 Å².